The molecule has 5 heteroatoms. The van der Waals surface area contributed by atoms with Gasteiger partial charge in [0.1, 0.15) is 12.0 Å². The van der Waals surface area contributed by atoms with Gasteiger partial charge in [-0.25, -0.2) is 4.98 Å². The van der Waals surface area contributed by atoms with Crippen LogP contribution < -0.4 is 5.32 Å². The topological polar surface area (TPSA) is 68.1 Å². The molecule has 1 unspecified atom stereocenters. The second-order valence-electron chi connectivity index (χ2n) is 4.73. The molecule has 0 radical (unpaired) electrons. The fraction of sp³-hybridized carbons (Fsp3) is 0.267. The maximum atomic E-state index is 10.6. The Bertz CT molecular complexity index is 547. The molecule has 1 aliphatic carbocycles. The van der Waals surface area contributed by atoms with Crippen LogP contribution in [0, 0.1) is 10.1 Å². The van der Waals surface area contributed by atoms with Crippen molar-refractivity contribution in [3.8, 4) is 0 Å². The van der Waals surface area contributed by atoms with E-state index < -0.39 is 4.92 Å². The molecule has 1 aromatic heterocycles. The van der Waals surface area contributed by atoms with Crippen molar-refractivity contribution in [2.24, 2.45) is 0 Å². The third kappa shape index (κ3) is 4.05. The minimum atomic E-state index is -0.450. The third-order valence-corrected chi connectivity index (χ3v) is 3.08. The molecule has 1 aromatic rings. The average Bonchev–Trinajstić information content (AvgIpc) is 2.51. The molecule has 5 nitrogen and oxygen atoms in total. The number of hydrogen-bond donors (Lipinski definition) is 1. The van der Waals surface area contributed by atoms with Crippen LogP contribution in [0.15, 0.2) is 54.8 Å². The molecule has 1 aliphatic rings. The molecule has 0 fully saturated rings. The number of nitro groups is 1. The molecule has 2 rings (SSSR count). The monoisotopic (exact) mass is 271 g/mol. The van der Waals surface area contributed by atoms with E-state index >= 15 is 0 Å². The predicted molar refractivity (Wildman–Crippen MR) is 79.6 cm³/mol. The van der Waals surface area contributed by atoms with Gasteiger partial charge in [-0.15, -0.1) is 0 Å². The van der Waals surface area contributed by atoms with E-state index in [2.05, 4.69) is 23.0 Å². The Hall–Kier alpha value is -2.43. The van der Waals surface area contributed by atoms with Crippen molar-refractivity contribution >= 4 is 11.5 Å². The van der Waals surface area contributed by atoms with Gasteiger partial charge in [0.15, 0.2) is 0 Å². The number of allylic oxidation sites excluding steroid dienone is 4. The summed E-state index contributed by atoms with van der Waals surface area (Å²) in [5.74, 6) is 0.653. The fourth-order valence-corrected chi connectivity index (χ4v) is 2.06. The molecular formula is C15H17N3O2. The summed E-state index contributed by atoms with van der Waals surface area (Å²) in [4.78, 5) is 14.2. The fourth-order valence-electron chi connectivity index (χ4n) is 2.06. The summed E-state index contributed by atoms with van der Waals surface area (Å²) in [7, 11) is 0. The van der Waals surface area contributed by atoms with Crippen LogP contribution in [0.2, 0.25) is 0 Å². The lowest BCUT2D eigenvalue weighted by Crippen LogP contribution is -2.20. The van der Waals surface area contributed by atoms with Gasteiger partial charge in [-0.05, 0) is 25.3 Å². The molecule has 0 amide bonds. The highest BCUT2D eigenvalue weighted by Crippen LogP contribution is 2.18. The summed E-state index contributed by atoms with van der Waals surface area (Å²) in [6.07, 6.45) is 12.2. The molecule has 20 heavy (non-hydrogen) atoms. The standard InChI is InChI=1S/C15H17N3O2/c1-12-6-4-2-3-5-7-13(10-12)17-15-9-8-14(11-16-15)18(19)20/h2-4,6,8-9,11,13H,1,5,7,10H2,(H,16,17)/b3-2-,6-4-. The Morgan fingerprint density at radius 3 is 2.95 bits per heavy atom. The first kappa shape index (κ1) is 14.0. The Kier molecular flexibility index (Phi) is 4.65. The second-order valence-corrected chi connectivity index (χ2v) is 4.73. The van der Waals surface area contributed by atoms with Gasteiger partial charge in [-0.1, -0.05) is 36.5 Å². The lowest BCUT2D eigenvalue weighted by atomic mass is 10.0. The van der Waals surface area contributed by atoms with Gasteiger partial charge in [-0.3, -0.25) is 10.1 Å². The molecule has 1 N–H and O–H groups in total. The normalized spacial score (nSPS) is 22.2. The van der Waals surface area contributed by atoms with E-state index in [9.17, 15) is 10.1 Å². The molecule has 0 saturated heterocycles. The zero-order chi connectivity index (χ0) is 14.4. The summed E-state index contributed by atoms with van der Waals surface area (Å²) >= 11 is 0. The van der Waals surface area contributed by atoms with E-state index in [-0.39, 0.29) is 11.7 Å². The zero-order valence-electron chi connectivity index (χ0n) is 11.2. The summed E-state index contributed by atoms with van der Waals surface area (Å²) < 4.78 is 0. The van der Waals surface area contributed by atoms with Crippen molar-refractivity contribution in [2.75, 3.05) is 5.32 Å². The van der Waals surface area contributed by atoms with Crippen LogP contribution in [0.3, 0.4) is 0 Å². The minimum Gasteiger partial charge on any atom is -0.367 e. The molecular weight excluding hydrogens is 254 g/mol. The number of hydrogen-bond acceptors (Lipinski definition) is 4. The zero-order valence-corrected chi connectivity index (χ0v) is 11.2. The highest BCUT2D eigenvalue weighted by molar-refractivity contribution is 5.41. The summed E-state index contributed by atoms with van der Waals surface area (Å²) in [6.45, 7) is 4.02. The van der Waals surface area contributed by atoms with E-state index in [0.717, 1.165) is 24.8 Å². The SMILES string of the molecule is C=C1/C=C\C=C/CCC(Nc2ccc([N+](=O)[O-])cn2)C1. The Morgan fingerprint density at radius 2 is 2.25 bits per heavy atom. The molecule has 0 saturated carbocycles. The molecule has 1 atom stereocenters. The van der Waals surface area contributed by atoms with Gasteiger partial charge < -0.3 is 5.32 Å². The molecule has 0 spiro atoms. The van der Waals surface area contributed by atoms with E-state index in [1.165, 1.54) is 12.3 Å². The maximum absolute atomic E-state index is 10.6. The van der Waals surface area contributed by atoms with Crippen molar-refractivity contribution in [2.45, 2.75) is 25.3 Å². The molecule has 0 aliphatic heterocycles. The Morgan fingerprint density at radius 1 is 1.40 bits per heavy atom. The first-order chi connectivity index (χ1) is 9.65. The smallest absolute Gasteiger partial charge is 0.287 e. The van der Waals surface area contributed by atoms with Crippen LogP contribution in [-0.2, 0) is 0 Å². The Balaban J connectivity index is 2.03. The van der Waals surface area contributed by atoms with Crippen molar-refractivity contribution in [1.29, 1.82) is 0 Å². The first-order valence-electron chi connectivity index (χ1n) is 6.53. The molecule has 0 aromatic carbocycles. The highest BCUT2D eigenvalue weighted by atomic mass is 16.6. The van der Waals surface area contributed by atoms with Crippen LogP contribution in [0.4, 0.5) is 11.5 Å². The van der Waals surface area contributed by atoms with Crippen LogP contribution in [0.1, 0.15) is 19.3 Å². The predicted octanol–water partition coefficient (Wildman–Crippen LogP) is 3.62. The van der Waals surface area contributed by atoms with Crippen molar-refractivity contribution in [3.63, 3.8) is 0 Å². The molecule has 1 heterocycles. The van der Waals surface area contributed by atoms with E-state index in [0.29, 0.717) is 5.82 Å². The van der Waals surface area contributed by atoms with Crippen LogP contribution in [-0.4, -0.2) is 15.9 Å². The Labute approximate surface area is 117 Å². The first-order valence-corrected chi connectivity index (χ1v) is 6.53. The van der Waals surface area contributed by atoms with E-state index in [1.807, 2.05) is 18.2 Å². The van der Waals surface area contributed by atoms with Gasteiger partial charge >= 0.3 is 0 Å². The number of aromatic nitrogens is 1. The van der Waals surface area contributed by atoms with Crippen molar-refractivity contribution in [3.05, 3.63) is 64.9 Å². The van der Waals surface area contributed by atoms with Crippen LogP contribution in [0.5, 0.6) is 0 Å². The number of nitrogens with zero attached hydrogens (tertiary/aromatic N) is 2. The number of rotatable bonds is 3. The van der Waals surface area contributed by atoms with E-state index in [4.69, 9.17) is 0 Å². The second kappa shape index (κ2) is 6.65. The lowest BCUT2D eigenvalue weighted by Gasteiger charge is -2.18. The summed E-state index contributed by atoms with van der Waals surface area (Å²) in [5.41, 5.74) is 1.05. The largest absolute Gasteiger partial charge is 0.367 e. The maximum Gasteiger partial charge on any atom is 0.287 e. The molecule has 104 valence electrons. The number of nitrogens with one attached hydrogen (secondary N) is 1. The van der Waals surface area contributed by atoms with Crippen molar-refractivity contribution in [1.82, 2.24) is 4.98 Å². The minimum absolute atomic E-state index is 0.000271. The summed E-state index contributed by atoms with van der Waals surface area (Å²) in [6, 6.07) is 3.32. The van der Waals surface area contributed by atoms with Gasteiger partial charge in [0.2, 0.25) is 0 Å². The third-order valence-electron chi connectivity index (χ3n) is 3.08. The van der Waals surface area contributed by atoms with Crippen LogP contribution >= 0.6 is 0 Å². The highest BCUT2D eigenvalue weighted by Gasteiger charge is 2.11. The lowest BCUT2D eigenvalue weighted by molar-refractivity contribution is -0.385. The van der Waals surface area contributed by atoms with E-state index in [1.54, 1.807) is 6.07 Å². The quantitative estimate of drug-likeness (QED) is 0.673. The summed E-state index contributed by atoms with van der Waals surface area (Å²) in [5, 5.41) is 13.9. The molecule has 0 bridgehead atoms. The van der Waals surface area contributed by atoms with Crippen molar-refractivity contribution < 1.29 is 4.92 Å². The van der Waals surface area contributed by atoms with Crippen LogP contribution in [0.25, 0.3) is 0 Å². The number of anilines is 1. The van der Waals surface area contributed by atoms with Gasteiger partial charge in [0, 0.05) is 12.1 Å². The average molecular weight is 271 g/mol. The van der Waals surface area contributed by atoms with Gasteiger partial charge in [-0.2, -0.15) is 0 Å². The number of pyridine rings is 1. The van der Waals surface area contributed by atoms with Gasteiger partial charge in [0.05, 0.1) is 4.92 Å². The van der Waals surface area contributed by atoms with Gasteiger partial charge in [0.25, 0.3) is 5.69 Å².